The van der Waals surface area contributed by atoms with Crippen LogP contribution in [0.2, 0.25) is 0 Å². The first-order valence-corrected chi connectivity index (χ1v) is 6.46. The zero-order valence-corrected chi connectivity index (χ0v) is 12.3. The number of hydrogen-bond donors (Lipinski definition) is 2. The molecule has 104 valence electrons. The van der Waals surface area contributed by atoms with Gasteiger partial charge in [0.15, 0.2) is 0 Å². The molecule has 0 spiro atoms. The van der Waals surface area contributed by atoms with Gasteiger partial charge in [0.25, 0.3) is 0 Å². The lowest BCUT2D eigenvalue weighted by atomic mass is 10.1. The number of para-hydroxylation sites is 1. The molecule has 0 atom stereocenters. The maximum absolute atomic E-state index is 11.9. The van der Waals surface area contributed by atoms with Gasteiger partial charge in [-0.1, -0.05) is 25.1 Å². The van der Waals surface area contributed by atoms with E-state index in [1.807, 2.05) is 52.8 Å². The number of hydrogen-bond acceptors (Lipinski definition) is 2. The molecule has 0 aliphatic heterocycles. The summed E-state index contributed by atoms with van der Waals surface area (Å²) in [6.45, 7) is 9.44. The number of aryl methyl sites for hydroxylation is 2. The Balaban J connectivity index is 2.86. The highest BCUT2D eigenvalue weighted by Crippen LogP contribution is 2.20. The zero-order chi connectivity index (χ0) is 14.6. The van der Waals surface area contributed by atoms with Crippen molar-refractivity contribution in [1.29, 1.82) is 0 Å². The van der Waals surface area contributed by atoms with E-state index < -0.39 is 17.4 Å². The summed E-state index contributed by atoms with van der Waals surface area (Å²) in [5.41, 5.74) is 2.29. The van der Waals surface area contributed by atoms with E-state index in [0.29, 0.717) is 0 Å². The Labute approximate surface area is 114 Å². The Morgan fingerprint density at radius 3 is 2.32 bits per heavy atom. The van der Waals surface area contributed by atoms with E-state index in [0.717, 1.165) is 23.2 Å². The van der Waals surface area contributed by atoms with Gasteiger partial charge >= 0.3 is 11.8 Å². The van der Waals surface area contributed by atoms with Gasteiger partial charge in [-0.3, -0.25) is 9.59 Å². The van der Waals surface area contributed by atoms with E-state index in [4.69, 9.17) is 0 Å². The highest BCUT2D eigenvalue weighted by atomic mass is 16.2. The van der Waals surface area contributed by atoms with Crippen molar-refractivity contribution >= 4 is 17.5 Å². The second-order valence-corrected chi connectivity index (χ2v) is 5.62. The van der Waals surface area contributed by atoms with Crippen molar-refractivity contribution < 1.29 is 9.59 Å². The molecular weight excluding hydrogens is 240 g/mol. The number of carbonyl (C=O) groups is 2. The van der Waals surface area contributed by atoms with Crippen LogP contribution in [-0.4, -0.2) is 17.4 Å². The van der Waals surface area contributed by atoms with Gasteiger partial charge < -0.3 is 10.6 Å². The average molecular weight is 262 g/mol. The van der Waals surface area contributed by atoms with Crippen molar-refractivity contribution in [2.24, 2.45) is 0 Å². The minimum Gasteiger partial charge on any atom is -0.343 e. The van der Waals surface area contributed by atoms with Crippen LogP contribution < -0.4 is 10.6 Å². The number of benzene rings is 1. The number of nitrogens with one attached hydrogen (secondary N) is 2. The lowest BCUT2D eigenvalue weighted by molar-refractivity contribution is -0.137. The van der Waals surface area contributed by atoms with Crippen molar-refractivity contribution in [3.05, 3.63) is 29.3 Å². The van der Waals surface area contributed by atoms with Crippen molar-refractivity contribution in [3.8, 4) is 0 Å². The minimum absolute atomic E-state index is 0.423. The highest BCUT2D eigenvalue weighted by molar-refractivity contribution is 6.39. The lowest BCUT2D eigenvalue weighted by Gasteiger charge is -2.20. The van der Waals surface area contributed by atoms with Crippen LogP contribution in [0.3, 0.4) is 0 Å². The van der Waals surface area contributed by atoms with E-state index in [1.165, 1.54) is 0 Å². The summed E-state index contributed by atoms with van der Waals surface area (Å²) in [5, 5.41) is 5.35. The van der Waals surface area contributed by atoms with Gasteiger partial charge in [-0.25, -0.2) is 0 Å². The molecule has 0 aliphatic carbocycles. The normalized spacial score (nSPS) is 11.0. The highest BCUT2D eigenvalue weighted by Gasteiger charge is 2.21. The first-order chi connectivity index (χ1) is 8.74. The molecule has 0 bridgehead atoms. The summed E-state index contributed by atoms with van der Waals surface area (Å²) in [6.07, 6.45) is 0.804. The molecule has 1 aromatic carbocycles. The number of rotatable bonds is 2. The Morgan fingerprint density at radius 1 is 1.16 bits per heavy atom. The summed E-state index contributed by atoms with van der Waals surface area (Å²) in [5.74, 6) is -1.24. The molecule has 0 fully saturated rings. The minimum atomic E-state index is -0.626. The van der Waals surface area contributed by atoms with Crippen LogP contribution in [0.1, 0.15) is 38.8 Å². The van der Waals surface area contributed by atoms with Gasteiger partial charge in [-0.2, -0.15) is 0 Å². The van der Waals surface area contributed by atoms with Crippen LogP contribution >= 0.6 is 0 Å². The Bertz CT molecular complexity index is 487. The van der Waals surface area contributed by atoms with Gasteiger partial charge in [0, 0.05) is 11.2 Å². The van der Waals surface area contributed by atoms with E-state index >= 15 is 0 Å². The van der Waals surface area contributed by atoms with Crippen LogP contribution in [0, 0.1) is 6.92 Å². The standard InChI is InChI=1S/C15H22N2O2/c1-6-11-9-7-8-10(2)12(11)16-13(18)14(19)17-15(3,4)5/h7-9H,6H2,1-5H3,(H,16,18)(H,17,19). The van der Waals surface area contributed by atoms with Gasteiger partial charge in [0.1, 0.15) is 0 Å². The molecule has 1 aromatic rings. The second-order valence-electron chi connectivity index (χ2n) is 5.62. The van der Waals surface area contributed by atoms with E-state index in [-0.39, 0.29) is 0 Å². The smallest absolute Gasteiger partial charge is 0.313 e. The van der Waals surface area contributed by atoms with Crippen molar-refractivity contribution in [2.45, 2.75) is 46.6 Å². The van der Waals surface area contributed by atoms with Crippen molar-refractivity contribution in [2.75, 3.05) is 5.32 Å². The van der Waals surface area contributed by atoms with Crippen molar-refractivity contribution in [1.82, 2.24) is 5.32 Å². The van der Waals surface area contributed by atoms with E-state index in [2.05, 4.69) is 10.6 Å². The summed E-state index contributed by atoms with van der Waals surface area (Å²) < 4.78 is 0. The molecule has 2 amide bonds. The number of carbonyl (C=O) groups excluding carboxylic acids is 2. The molecule has 0 heterocycles. The van der Waals surface area contributed by atoms with Crippen LogP contribution in [0.4, 0.5) is 5.69 Å². The van der Waals surface area contributed by atoms with Gasteiger partial charge in [0.2, 0.25) is 0 Å². The van der Waals surface area contributed by atoms with Gasteiger partial charge in [0.05, 0.1) is 0 Å². The number of anilines is 1. The molecule has 1 rings (SSSR count). The van der Waals surface area contributed by atoms with Gasteiger partial charge in [-0.15, -0.1) is 0 Å². The van der Waals surface area contributed by atoms with Crippen LogP contribution in [0.5, 0.6) is 0 Å². The first-order valence-electron chi connectivity index (χ1n) is 6.46. The Morgan fingerprint density at radius 2 is 1.79 bits per heavy atom. The maximum Gasteiger partial charge on any atom is 0.313 e. The lowest BCUT2D eigenvalue weighted by Crippen LogP contribution is -2.46. The monoisotopic (exact) mass is 262 g/mol. The second kappa shape index (κ2) is 5.87. The molecular formula is C15H22N2O2. The third kappa shape index (κ3) is 4.39. The fourth-order valence-corrected chi connectivity index (χ4v) is 1.77. The molecule has 0 radical (unpaired) electrons. The molecule has 4 nitrogen and oxygen atoms in total. The molecule has 0 unspecified atom stereocenters. The third-order valence-electron chi connectivity index (χ3n) is 2.67. The molecule has 2 N–H and O–H groups in total. The van der Waals surface area contributed by atoms with Crippen molar-refractivity contribution in [3.63, 3.8) is 0 Å². The van der Waals surface area contributed by atoms with Crippen LogP contribution in [0.25, 0.3) is 0 Å². The predicted octanol–water partition coefficient (Wildman–Crippen LogP) is 2.41. The SMILES string of the molecule is CCc1cccc(C)c1NC(=O)C(=O)NC(C)(C)C. The van der Waals surface area contributed by atoms with Crippen LogP contribution in [0.15, 0.2) is 18.2 Å². The summed E-state index contributed by atoms with van der Waals surface area (Å²) >= 11 is 0. The average Bonchev–Trinajstić information content (AvgIpc) is 2.29. The maximum atomic E-state index is 11.9. The van der Waals surface area contributed by atoms with Crippen LogP contribution in [-0.2, 0) is 16.0 Å². The first kappa shape index (κ1) is 15.2. The largest absolute Gasteiger partial charge is 0.343 e. The quantitative estimate of drug-likeness (QED) is 0.804. The topological polar surface area (TPSA) is 58.2 Å². The predicted molar refractivity (Wildman–Crippen MR) is 77.1 cm³/mol. The third-order valence-corrected chi connectivity index (χ3v) is 2.67. The fraction of sp³-hybridized carbons (Fsp3) is 0.467. The van der Waals surface area contributed by atoms with E-state index in [1.54, 1.807) is 0 Å². The number of amides is 2. The fourth-order valence-electron chi connectivity index (χ4n) is 1.77. The summed E-state index contributed by atoms with van der Waals surface area (Å²) in [4.78, 5) is 23.6. The zero-order valence-electron chi connectivity index (χ0n) is 12.3. The molecule has 0 aliphatic rings. The molecule has 0 saturated carbocycles. The molecule has 0 saturated heterocycles. The molecule has 0 aromatic heterocycles. The Kier molecular flexibility index (Phi) is 4.70. The Hall–Kier alpha value is -1.84. The summed E-state index contributed by atoms with van der Waals surface area (Å²) in [7, 11) is 0. The molecule has 4 heteroatoms. The summed E-state index contributed by atoms with van der Waals surface area (Å²) in [6, 6.07) is 5.81. The van der Waals surface area contributed by atoms with Gasteiger partial charge in [-0.05, 0) is 45.2 Å². The molecule has 19 heavy (non-hydrogen) atoms. The van der Waals surface area contributed by atoms with E-state index in [9.17, 15) is 9.59 Å².